The fourth-order valence-electron chi connectivity index (χ4n) is 3.37. The first-order valence-corrected chi connectivity index (χ1v) is 8.10. The van der Waals surface area contributed by atoms with Crippen molar-refractivity contribution in [3.05, 3.63) is 46.1 Å². The van der Waals surface area contributed by atoms with E-state index in [1.54, 1.807) is 4.90 Å². The lowest BCUT2D eigenvalue weighted by Gasteiger charge is -2.54. The zero-order valence-corrected chi connectivity index (χ0v) is 13.9. The lowest BCUT2D eigenvalue weighted by atomic mass is 9.81. The van der Waals surface area contributed by atoms with Crippen LogP contribution in [0.5, 0.6) is 0 Å². The highest BCUT2D eigenvalue weighted by Crippen LogP contribution is 2.35. The predicted octanol–water partition coefficient (Wildman–Crippen LogP) is 1.62. The number of halogens is 1. The maximum Gasteiger partial charge on any atom is 0.289 e. The van der Waals surface area contributed by atoms with Crippen LogP contribution in [0.1, 0.15) is 24.4 Å². The number of hydrogen-bond donors (Lipinski definition) is 0. The van der Waals surface area contributed by atoms with Crippen LogP contribution in [-0.4, -0.2) is 47.3 Å². The molecule has 2 amide bonds. The van der Waals surface area contributed by atoms with Crippen LogP contribution in [0.4, 0.5) is 4.39 Å². The van der Waals surface area contributed by atoms with Gasteiger partial charge in [-0.3, -0.25) is 14.4 Å². The molecule has 4 rings (SSSR count). The maximum absolute atomic E-state index is 13.3. The van der Waals surface area contributed by atoms with E-state index in [0.717, 1.165) is 12.1 Å². The van der Waals surface area contributed by atoms with Gasteiger partial charge in [0, 0.05) is 31.8 Å². The van der Waals surface area contributed by atoms with Gasteiger partial charge < -0.3 is 14.2 Å². The fourth-order valence-corrected chi connectivity index (χ4v) is 3.37. The molecule has 0 N–H and O–H groups in total. The standard InChI is InChI=1S/C18H17FN2O4/c1-18(2)9-21(17(18)24)11-7-20(8-11)16(23)15-6-13(22)12-4-3-10(19)5-14(12)25-15/h3-6,11H,7-9H2,1-2H3. The van der Waals surface area contributed by atoms with Gasteiger partial charge in [-0.05, 0) is 26.0 Å². The molecular formula is C18H17FN2O4. The van der Waals surface area contributed by atoms with Crippen molar-refractivity contribution in [1.82, 2.24) is 9.80 Å². The van der Waals surface area contributed by atoms with Gasteiger partial charge in [-0.15, -0.1) is 0 Å². The topological polar surface area (TPSA) is 70.8 Å². The molecule has 3 heterocycles. The molecule has 25 heavy (non-hydrogen) atoms. The summed E-state index contributed by atoms with van der Waals surface area (Å²) < 4.78 is 18.7. The predicted molar refractivity (Wildman–Crippen MR) is 87.6 cm³/mol. The van der Waals surface area contributed by atoms with E-state index in [4.69, 9.17) is 4.42 Å². The Morgan fingerprint density at radius 2 is 1.96 bits per heavy atom. The third-order valence-corrected chi connectivity index (χ3v) is 4.90. The molecule has 0 atom stereocenters. The molecule has 0 spiro atoms. The molecule has 2 aliphatic heterocycles. The maximum atomic E-state index is 13.3. The van der Waals surface area contributed by atoms with Gasteiger partial charge in [0.25, 0.3) is 5.91 Å². The lowest BCUT2D eigenvalue weighted by Crippen LogP contribution is -2.70. The van der Waals surface area contributed by atoms with Crippen molar-refractivity contribution in [3.63, 3.8) is 0 Å². The van der Waals surface area contributed by atoms with Crippen LogP contribution in [0.3, 0.4) is 0 Å². The second-order valence-electron chi connectivity index (χ2n) is 7.30. The molecule has 2 saturated heterocycles. The van der Waals surface area contributed by atoms with Gasteiger partial charge in [-0.25, -0.2) is 4.39 Å². The van der Waals surface area contributed by atoms with Crippen molar-refractivity contribution in [1.29, 1.82) is 0 Å². The number of hydrogen-bond acceptors (Lipinski definition) is 4. The molecule has 2 fully saturated rings. The van der Waals surface area contributed by atoms with Crippen molar-refractivity contribution >= 4 is 22.8 Å². The molecule has 130 valence electrons. The molecule has 6 nitrogen and oxygen atoms in total. The van der Waals surface area contributed by atoms with Crippen LogP contribution in [0, 0.1) is 11.2 Å². The van der Waals surface area contributed by atoms with Gasteiger partial charge in [0.05, 0.1) is 16.8 Å². The van der Waals surface area contributed by atoms with Crippen molar-refractivity contribution in [3.8, 4) is 0 Å². The first-order chi connectivity index (χ1) is 11.8. The van der Waals surface area contributed by atoms with Crippen molar-refractivity contribution in [2.24, 2.45) is 5.41 Å². The van der Waals surface area contributed by atoms with Crippen molar-refractivity contribution in [2.45, 2.75) is 19.9 Å². The lowest BCUT2D eigenvalue weighted by molar-refractivity contribution is -0.165. The van der Waals surface area contributed by atoms with Gasteiger partial charge in [0.15, 0.2) is 11.2 Å². The van der Waals surface area contributed by atoms with Gasteiger partial charge in [-0.1, -0.05) is 0 Å². The van der Waals surface area contributed by atoms with E-state index >= 15 is 0 Å². The zero-order valence-electron chi connectivity index (χ0n) is 13.9. The number of likely N-dealkylation sites (tertiary alicyclic amines) is 2. The van der Waals surface area contributed by atoms with Gasteiger partial charge in [0.2, 0.25) is 5.91 Å². The molecule has 7 heteroatoms. The first-order valence-electron chi connectivity index (χ1n) is 8.10. The largest absolute Gasteiger partial charge is 0.451 e. The second kappa shape index (κ2) is 5.15. The first kappa shape index (κ1) is 15.8. The summed E-state index contributed by atoms with van der Waals surface area (Å²) >= 11 is 0. The number of β-lactam (4-membered cyclic amide) rings is 1. The Balaban J connectivity index is 1.50. The summed E-state index contributed by atoms with van der Waals surface area (Å²) in [6, 6.07) is 4.74. The average molecular weight is 344 g/mol. The minimum Gasteiger partial charge on any atom is -0.451 e. The molecule has 1 aromatic heterocycles. The Hall–Kier alpha value is -2.70. The number of benzene rings is 1. The zero-order chi connectivity index (χ0) is 17.9. The summed E-state index contributed by atoms with van der Waals surface area (Å²) in [7, 11) is 0. The number of carbonyl (C=O) groups is 2. The number of nitrogens with zero attached hydrogens (tertiary/aromatic N) is 2. The number of rotatable bonds is 2. The number of carbonyl (C=O) groups excluding carboxylic acids is 2. The molecule has 1 aromatic carbocycles. The van der Waals surface area contributed by atoms with E-state index in [9.17, 15) is 18.8 Å². The van der Waals surface area contributed by atoms with E-state index in [0.29, 0.717) is 19.6 Å². The third-order valence-electron chi connectivity index (χ3n) is 4.90. The van der Waals surface area contributed by atoms with E-state index in [1.165, 1.54) is 17.0 Å². The van der Waals surface area contributed by atoms with E-state index < -0.39 is 11.7 Å². The monoisotopic (exact) mass is 344 g/mol. The molecule has 0 aliphatic carbocycles. The Labute approximate surface area is 142 Å². The molecule has 2 aliphatic rings. The highest BCUT2D eigenvalue weighted by molar-refractivity contribution is 5.94. The fraction of sp³-hybridized carbons (Fsp3) is 0.389. The molecule has 0 saturated carbocycles. The summed E-state index contributed by atoms with van der Waals surface area (Å²) in [6.07, 6.45) is 0. The Kier molecular flexibility index (Phi) is 3.25. The van der Waals surface area contributed by atoms with Crippen LogP contribution < -0.4 is 5.43 Å². The quantitative estimate of drug-likeness (QED) is 0.777. The van der Waals surface area contributed by atoms with E-state index in [1.807, 2.05) is 13.8 Å². The number of fused-ring (bicyclic) bond motifs is 1. The van der Waals surface area contributed by atoms with Crippen LogP contribution in [-0.2, 0) is 4.79 Å². The highest BCUT2D eigenvalue weighted by Gasteiger charge is 2.50. The normalized spacial score (nSPS) is 19.7. The van der Waals surface area contributed by atoms with E-state index in [2.05, 4.69) is 0 Å². The Morgan fingerprint density at radius 1 is 1.24 bits per heavy atom. The average Bonchev–Trinajstić information content (AvgIpc) is 2.51. The van der Waals surface area contributed by atoms with E-state index in [-0.39, 0.29) is 39.5 Å². The van der Waals surface area contributed by atoms with Crippen LogP contribution in [0.2, 0.25) is 0 Å². The minimum absolute atomic E-state index is 0.00842. The van der Waals surface area contributed by atoms with Gasteiger partial charge in [-0.2, -0.15) is 0 Å². The summed E-state index contributed by atoms with van der Waals surface area (Å²) in [5.74, 6) is -0.982. The molecule has 2 aromatic rings. The number of amides is 2. The Morgan fingerprint density at radius 3 is 2.60 bits per heavy atom. The molecule has 0 bridgehead atoms. The summed E-state index contributed by atoms with van der Waals surface area (Å²) in [5, 5.41) is 0.229. The Bertz CT molecular complexity index is 959. The van der Waals surface area contributed by atoms with Crippen LogP contribution >= 0.6 is 0 Å². The molecular weight excluding hydrogens is 327 g/mol. The summed E-state index contributed by atoms with van der Waals surface area (Å²) in [5.41, 5.74) is -0.659. The van der Waals surface area contributed by atoms with Crippen LogP contribution in [0.15, 0.2) is 33.5 Å². The smallest absolute Gasteiger partial charge is 0.289 e. The molecule has 0 radical (unpaired) electrons. The van der Waals surface area contributed by atoms with Crippen molar-refractivity contribution < 1.29 is 18.4 Å². The summed E-state index contributed by atoms with van der Waals surface area (Å²) in [6.45, 7) is 5.30. The highest BCUT2D eigenvalue weighted by atomic mass is 19.1. The van der Waals surface area contributed by atoms with Gasteiger partial charge >= 0.3 is 0 Å². The van der Waals surface area contributed by atoms with Crippen LogP contribution in [0.25, 0.3) is 11.0 Å². The minimum atomic E-state index is -0.539. The summed E-state index contributed by atoms with van der Waals surface area (Å²) in [4.78, 5) is 39.9. The van der Waals surface area contributed by atoms with Crippen molar-refractivity contribution in [2.75, 3.05) is 19.6 Å². The second-order valence-corrected chi connectivity index (χ2v) is 7.30. The third kappa shape index (κ3) is 2.42. The SMILES string of the molecule is CC1(C)CN(C2CN(C(=O)c3cc(=O)c4ccc(F)cc4o3)C2)C1=O. The van der Waals surface area contributed by atoms with Gasteiger partial charge in [0.1, 0.15) is 11.4 Å². The molecule has 0 unspecified atom stereocenters.